The van der Waals surface area contributed by atoms with E-state index in [9.17, 15) is 14.4 Å². The third-order valence-corrected chi connectivity index (χ3v) is 6.16. The summed E-state index contributed by atoms with van der Waals surface area (Å²) in [5.41, 5.74) is -0.878. The molecule has 0 aromatic heterocycles. The monoisotopic (exact) mass is 308 g/mol. The van der Waals surface area contributed by atoms with Gasteiger partial charge in [0.2, 0.25) is 17.7 Å². The molecule has 3 aliphatic rings. The van der Waals surface area contributed by atoms with Crippen molar-refractivity contribution >= 4 is 17.7 Å². The van der Waals surface area contributed by atoms with Crippen molar-refractivity contribution in [2.45, 2.75) is 33.6 Å². The van der Waals surface area contributed by atoms with Crippen LogP contribution in [0.25, 0.3) is 0 Å². The van der Waals surface area contributed by atoms with Crippen molar-refractivity contribution in [1.29, 1.82) is 0 Å². The number of carbonyl (C=O) groups excluding carboxylic acids is 3. The minimum atomic E-state index is -0.545. The van der Waals surface area contributed by atoms with Gasteiger partial charge in [-0.25, -0.2) is 0 Å². The molecule has 6 heteroatoms. The summed E-state index contributed by atoms with van der Waals surface area (Å²) in [4.78, 5) is 40.8. The maximum Gasteiger partial charge on any atom is 0.242 e. The lowest BCUT2D eigenvalue weighted by molar-refractivity contribution is -0.170. The van der Waals surface area contributed by atoms with Crippen LogP contribution in [0.2, 0.25) is 0 Å². The number of rotatable bonds is 2. The molecule has 1 saturated carbocycles. The molecule has 3 amide bonds. The van der Waals surface area contributed by atoms with Crippen LogP contribution in [-0.4, -0.2) is 60.4 Å². The molecule has 3 rings (SSSR count). The number of hydrogen-bond donors (Lipinski definition) is 0. The third-order valence-electron chi connectivity index (χ3n) is 6.16. The van der Waals surface area contributed by atoms with Gasteiger partial charge in [0.05, 0.1) is 18.6 Å². The molecule has 2 heterocycles. The summed E-state index contributed by atoms with van der Waals surface area (Å²) in [5, 5.41) is 0. The molecule has 122 valence electrons. The third kappa shape index (κ3) is 2.00. The molecule has 22 heavy (non-hydrogen) atoms. The Morgan fingerprint density at radius 1 is 1.23 bits per heavy atom. The first kappa shape index (κ1) is 15.5. The highest BCUT2D eigenvalue weighted by Gasteiger charge is 2.64. The van der Waals surface area contributed by atoms with Crippen molar-refractivity contribution in [3.63, 3.8) is 0 Å². The number of imide groups is 1. The van der Waals surface area contributed by atoms with Gasteiger partial charge in [0.1, 0.15) is 6.54 Å². The van der Waals surface area contributed by atoms with Crippen LogP contribution in [0.4, 0.5) is 0 Å². The Morgan fingerprint density at radius 3 is 2.50 bits per heavy atom. The summed E-state index contributed by atoms with van der Waals surface area (Å²) in [6.07, 6.45) is 1.45. The fourth-order valence-corrected chi connectivity index (χ4v) is 4.10. The number of hydrogen-bond acceptors (Lipinski definition) is 4. The zero-order valence-electron chi connectivity index (χ0n) is 13.6. The standard InChI is InChI=1S/C16H24N2O4/c1-15(2)11-4-5-16(15,3)14(21)18(13(11)20)10-12(19)17-6-8-22-9-7-17/h11H,4-10H2,1-3H3. The minimum absolute atomic E-state index is 0.125. The fraction of sp³-hybridized carbons (Fsp3) is 0.812. The molecule has 3 fully saturated rings. The Morgan fingerprint density at radius 2 is 1.86 bits per heavy atom. The molecule has 2 bridgehead atoms. The van der Waals surface area contributed by atoms with Gasteiger partial charge in [-0.3, -0.25) is 19.3 Å². The lowest BCUT2D eigenvalue weighted by atomic mass is 9.62. The number of piperidine rings is 1. The van der Waals surface area contributed by atoms with Crippen LogP contribution in [0.1, 0.15) is 33.6 Å². The smallest absolute Gasteiger partial charge is 0.242 e. The van der Waals surface area contributed by atoms with Crippen molar-refractivity contribution < 1.29 is 19.1 Å². The molecular formula is C16H24N2O4. The molecule has 2 atom stereocenters. The van der Waals surface area contributed by atoms with E-state index in [1.165, 1.54) is 4.90 Å². The molecule has 2 unspecified atom stereocenters. The van der Waals surface area contributed by atoms with Gasteiger partial charge < -0.3 is 9.64 Å². The minimum Gasteiger partial charge on any atom is -0.378 e. The lowest BCUT2D eigenvalue weighted by Crippen LogP contribution is -2.61. The average molecular weight is 308 g/mol. The van der Waals surface area contributed by atoms with Gasteiger partial charge >= 0.3 is 0 Å². The van der Waals surface area contributed by atoms with Gasteiger partial charge in [-0.1, -0.05) is 20.8 Å². The van der Waals surface area contributed by atoms with Crippen LogP contribution in [0.3, 0.4) is 0 Å². The fourth-order valence-electron chi connectivity index (χ4n) is 4.10. The summed E-state index contributed by atoms with van der Waals surface area (Å²) in [6, 6.07) is 0. The number of fused-ring (bicyclic) bond motifs is 2. The SMILES string of the molecule is CC12CCC(C(=O)N(CC(=O)N3CCOCC3)C1=O)C2(C)C. The first-order chi connectivity index (χ1) is 10.3. The van der Waals surface area contributed by atoms with Crippen molar-refractivity contribution in [1.82, 2.24) is 9.80 Å². The summed E-state index contributed by atoms with van der Waals surface area (Å²) < 4.78 is 5.23. The summed E-state index contributed by atoms with van der Waals surface area (Å²) >= 11 is 0. The number of amides is 3. The highest BCUT2D eigenvalue weighted by Crippen LogP contribution is 2.59. The van der Waals surface area contributed by atoms with E-state index in [1.807, 2.05) is 20.8 Å². The lowest BCUT2D eigenvalue weighted by Gasteiger charge is -2.47. The summed E-state index contributed by atoms with van der Waals surface area (Å²) in [7, 11) is 0. The molecule has 2 saturated heterocycles. The highest BCUT2D eigenvalue weighted by atomic mass is 16.5. The van der Waals surface area contributed by atoms with Crippen LogP contribution in [0, 0.1) is 16.7 Å². The molecule has 0 spiro atoms. The van der Waals surface area contributed by atoms with Crippen LogP contribution in [-0.2, 0) is 19.1 Å². The molecule has 0 radical (unpaired) electrons. The first-order valence-electron chi connectivity index (χ1n) is 8.00. The second-order valence-corrected chi connectivity index (χ2v) is 7.37. The van der Waals surface area contributed by atoms with E-state index >= 15 is 0 Å². The zero-order valence-corrected chi connectivity index (χ0v) is 13.6. The van der Waals surface area contributed by atoms with Crippen LogP contribution in [0.5, 0.6) is 0 Å². The van der Waals surface area contributed by atoms with Crippen molar-refractivity contribution in [3.8, 4) is 0 Å². The molecule has 1 aliphatic carbocycles. The maximum absolute atomic E-state index is 12.9. The van der Waals surface area contributed by atoms with Crippen molar-refractivity contribution in [3.05, 3.63) is 0 Å². The van der Waals surface area contributed by atoms with Gasteiger partial charge in [0.25, 0.3) is 0 Å². The van der Waals surface area contributed by atoms with E-state index < -0.39 is 5.41 Å². The molecule has 0 aromatic rings. The van der Waals surface area contributed by atoms with Crippen LogP contribution in [0.15, 0.2) is 0 Å². The first-order valence-corrected chi connectivity index (χ1v) is 8.00. The average Bonchev–Trinajstić information content (AvgIpc) is 2.69. The van der Waals surface area contributed by atoms with E-state index in [0.29, 0.717) is 26.3 Å². The Bertz CT molecular complexity index is 524. The van der Waals surface area contributed by atoms with Crippen LogP contribution < -0.4 is 0 Å². The second-order valence-electron chi connectivity index (χ2n) is 7.37. The Balaban J connectivity index is 1.79. The Hall–Kier alpha value is -1.43. The van der Waals surface area contributed by atoms with Gasteiger partial charge in [-0.05, 0) is 18.3 Å². The predicted octanol–water partition coefficient (Wildman–Crippen LogP) is 0.656. The van der Waals surface area contributed by atoms with E-state index in [4.69, 9.17) is 4.74 Å². The molecule has 2 aliphatic heterocycles. The predicted molar refractivity (Wildman–Crippen MR) is 78.7 cm³/mol. The maximum atomic E-state index is 12.9. The molecule has 0 aromatic carbocycles. The van der Waals surface area contributed by atoms with E-state index in [2.05, 4.69) is 0 Å². The van der Waals surface area contributed by atoms with E-state index in [0.717, 1.165) is 12.8 Å². The van der Waals surface area contributed by atoms with Gasteiger partial charge in [0, 0.05) is 19.0 Å². The Kier molecular flexibility index (Phi) is 3.55. The number of likely N-dealkylation sites (tertiary alicyclic amines) is 1. The quantitative estimate of drug-likeness (QED) is 0.703. The molecule has 6 nitrogen and oxygen atoms in total. The number of morpholine rings is 1. The number of nitrogens with zero attached hydrogens (tertiary/aromatic N) is 2. The number of ether oxygens (including phenoxy) is 1. The normalized spacial score (nSPS) is 34.2. The van der Waals surface area contributed by atoms with Gasteiger partial charge in [0.15, 0.2) is 0 Å². The largest absolute Gasteiger partial charge is 0.378 e. The highest BCUT2D eigenvalue weighted by molar-refractivity contribution is 6.06. The molecular weight excluding hydrogens is 284 g/mol. The zero-order chi connectivity index (χ0) is 16.1. The van der Waals surface area contributed by atoms with Crippen LogP contribution >= 0.6 is 0 Å². The van der Waals surface area contributed by atoms with Crippen molar-refractivity contribution in [2.75, 3.05) is 32.8 Å². The summed E-state index contributed by atoms with van der Waals surface area (Å²) in [6.45, 7) is 7.90. The topological polar surface area (TPSA) is 66.9 Å². The second kappa shape index (κ2) is 5.05. The Labute approximate surface area is 130 Å². The summed E-state index contributed by atoms with van der Waals surface area (Å²) in [5.74, 6) is -0.676. The van der Waals surface area contributed by atoms with E-state index in [1.54, 1.807) is 4.90 Å². The van der Waals surface area contributed by atoms with E-state index in [-0.39, 0.29) is 35.6 Å². The molecule has 0 N–H and O–H groups in total. The number of carbonyl (C=O) groups is 3. The van der Waals surface area contributed by atoms with Gasteiger partial charge in [-0.15, -0.1) is 0 Å². The van der Waals surface area contributed by atoms with Crippen molar-refractivity contribution in [2.24, 2.45) is 16.7 Å². The van der Waals surface area contributed by atoms with Gasteiger partial charge in [-0.2, -0.15) is 0 Å².